The van der Waals surface area contributed by atoms with Crippen molar-refractivity contribution in [3.05, 3.63) is 46.7 Å². The first-order valence-electron chi connectivity index (χ1n) is 7.35. The van der Waals surface area contributed by atoms with E-state index in [1.165, 1.54) is 26.2 Å². The summed E-state index contributed by atoms with van der Waals surface area (Å²) >= 11 is 0. The van der Waals surface area contributed by atoms with Gasteiger partial charge in [-0.25, -0.2) is 9.59 Å². The topological polar surface area (TPSA) is 76.7 Å². The Morgan fingerprint density at radius 3 is 2.64 bits per heavy atom. The number of ether oxygens (including phenoxy) is 2. The zero-order valence-corrected chi connectivity index (χ0v) is 13.6. The van der Waals surface area contributed by atoms with E-state index in [4.69, 9.17) is 9.47 Å². The van der Waals surface area contributed by atoms with Crippen LogP contribution in [-0.4, -0.2) is 32.3 Å². The molecule has 1 aliphatic heterocycles. The van der Waals surface area contributed by atoms with Gasteiger partial charge in [0.05, 0.1) is 23.8 Å². The summed E-state index contributed by atoms with van der Waals surface area (Å²) in [5.41, 5.74) is -0.492. The molecule has 2 N–H and O–H groups in total. The molecule has 1 heterocycles. The minimum absolute atomic E-state index is 0.0185. The molecule has 1 aliphatic rings. The maximum atomic E-state index is 12.9. The number of amides is 2. The van der Waals surface area contributed by atoms with Crippen LogP contribution in [0.25, 0.3) is 0 Å². The van der Waals surface area contributed by atoms with E-state index in [0.717, 1.165) is 12.1 Å². The van der Waals surface area contributed by atoms with Crippen LogP contribution in [0.2, 0.25) is 0 Å². The number of rotatable bonds is 5. The lowest BCUT2D eigenvalue weighted by Crippen LogP contribution is -2.45. The van der Waals surface area contributed by atoms with Gasteiger partial charge in [-0.15, -0.1) is 0 Å². The summed E-state index contributed by atoms with van der Waals surface area (Å²) in [5.74, 6) is -0.746. The van der Waals surface area contributed by atoms with Crippen molar-refractivity contribution >= 4 is 12.0 Å². The summed E-state index contributed by atoms with van der Waals surface area (Å²) in [6.45, 7) is 1.63. The summed E-state index contributed by atoms with van der Waals surface area (Å²) in [7, 11) is 1.44. The fraction of sp³-hybridized carbons (Fsp3) is 0.375. The summed E-state index contributed by atoms with van der Waals surface area (Å²) in [6, 6.07) is 2.77. The molecule has 0 aromatic heterocycles. The molecule has 0 bridgehead atoms. The van der Waals surface area contributed by atoms with Gasteiger partial charge in [-0.3, -0.25) is 0 Å². The van der Waals surface area contributed by atoms with Gasteiger partial charge >= 0.3 is 18.2 Å². The van der Waals surface area contributed by atoms with E-state index >= 15 is 0 Å². The van der Waals surface area contributed by atoms with Crippen LogP contribution in [0.3, 0.4) is 0 Å². The van der Waals surface area contributed by atoms with Gasteiger partial charge in [0, 0.05) is 12.8 Å². The van der Waals surface area contributed by atoms with E-state index in [2.05, 4.69) is 10.6 Å². The monoisotopic (exact) mass is 358 g/mol. The molecule has 2 amide bonds. The summed E-state index contributed by atoms with van der Waals surface area (Å²) in [5, 5.41) is 4.88. The molecule has 6 nitrogen and oxygen atoms in total. The maximum absolute atomic E-state index is 12.9. The van der Waals surface area contributed by atoms with Crippen LogP contribution >= 0.6 is 0 Å². The number of hydrogen-bond acceptors (Lipinski definition) is 4. The van der Waals surface area contributed by atoms with Crippen molar-refractivity contribution in [2.75, 3.05) is 20.3 Å². The van der Waals surface area contributed by atoms with Gasteiger partial charge in [-0.2, -0.15) is 13.2 Å². The standard InChI is InChI=1S/C16H17F3N2O4/c1-9-12(14(22)25-7-6-24-2)13(21-15(23)20-9)10-4-3-5-11(8-10)16(17,18)19/h3-5,8,13H,6-7H2,1-2H3,(H2,20,21,23). The molecule has 0 radical (unpaired) electrons. The van der Waals surface area contributed by atoms with E-state index in [1.54, 1.807) is 0 Å². The number of methoxy groups -OCH3 is 1. The zero-order chi connectivity index (χ0) is 18.6. The Morgan fingerprint density at radius 2 is 2.00 bits per heavy atom. The lowest BCUT2D eigenvalue weighted by Gasteiger charge is -2.28. The number of halogens is 3. The molecule has 0 aliphatic carbocycles. The lowest BCUT2D eigenvalue weighted by atomic mass is 9.94. The first kappa shape index (κ1) is 18.8. The average Bonchev–Trinajstić information content (AvgIpc) is 2.53. The van der Waals surface area contributed by atoms with E-state index in [1.807, 2.05) is 0 Å². The van der Waals surface area contributed by atoms with E-state index < -0.39 is 29.8 Å². The van der Waals surface area contributed by atoms with Gasteiger partial charge in [-0.05, 0) is 24.6 Å². The molecule has 9 heteroatoms. The Labute approximate surface area is 142 Å². The Hall–Kier alpha value is -2.55. The van der Waals surface area contributed by atoms with E-state index in [0.29, 0.717) is 0 Å². The highest BCUT2D eigenvalue weighted by Gasteiger charge is 2.35. The van der Waals surface area contributed by atoms with Gasteiger partial charge in [0.25, 0.3) is 0 Å². The number of carbonyl (C=O) groups is 2. The van der Waals surface area contributed by atoms with Crippen LogP contribution < -0.4 is 10.6 Å². The second-order valence-electron chi connectivity index (χ2n) is 5.32. The molecule has 0 saturated carbocycles. The van der Waals surface area contributed by atoms with Crippen molar-refractivity contribution in [2.45, 2.75) is 19.1 Å². The third-order valence-electron chi connectivity index (χ3n) is 3.56. The minimum atomic E-state index is -4.54. The highest BCUT2D eigenvalue weighted by atomic mass is 19.4. The molecular formula is C16H17F3N2O4. The van der Waals surface area contributed by atoms with Crippen LogP contribution in [0.15, 0.2) is 35.5 Å². The molecule has 136 valence electrons. The molecule has 1 atom stereocenters. The fourth-order valence-electron chi connectivity index (χ4n) is 2.40. The number of nitrogens with one attached hydrogen (secondary N) is 2. The second kappa shape index (κ2) is 7.56. The maximum Gasteiger partial charge on any atom is 0.416 e. The Kier molecular flexibility index (Phi) is 5.68. The molecule has 1 aromatic carbocycles. The van der Waals surface area contributed by atoms with Crippen molar-refractivity contribution in [1.82, 2.24) is 10.6 Å². The average molecular weight is 358 g/mol. The quantitative estimate of drug-likeness (QED) is 0.626. The first-order chi connectivity index (χ1) is 11.7. The number of carbonyl (C=O) groups excluding carboxylic acids is 2. The zero-order valence-electron chi connectivity index (χ0n) is 13.6. The fourth-order valence-corrected chi connectivity index (χ4v) is 2.40. The summed E-state index contributed by atoms with van der Waals surface area (Å²) < 4.78 is 48.6. The van der Waals surface area contributed by atoms with Gasteiger partial charge < -0.3 is 20.1 Å². The van der Waals surface area contributed by atoms with Crippen molar-refractivity contribution < 1.29 is 32.2 Å². The Bertz CT molecular complexity index is 701. The third-order valence-corrected chi connectivity index (χ3v) is 3.56. The normalized spacial score (nSPS) is 17.8. The first-order valence-corrected chi connectivity index (χ1v) is 7.35. The van der Waals surface area contributed by atoms with Crippen molar-refractivity contribution in [3.63, 3.8) is 0 Å². The lowest BCUT2D eigenvalue weighted by molar-refractivity contribution is -0.140. The van der Waals surface area contributed by atoms with Crippen molar-refractivity contribution in [1.29, 1.82) is 0 Å². The number of allylic oxidation sites excluding steroid dienone is 1. The molecule has 25 heavy (non-hydrogen) atoms. The summed E-state index contributed by atoms with van der Waals surface area (Å²) in [4.78, 5) is 24.0. The molecule has 0 saturated heterocycles. The van der Waals surface area contributed by atoms with E-state index in [9.17, 15) is 22.8 Å². The number of alkyl halides is 3. The summed E-state index contributed by atoms with van der Waals surface area (Å²) in [6.07, 6.45) is -4.54. The van der Waals surface area contributed by atoms with Gasteiger partial charge in [-0.1, -0.05) is 12.1 Å². The molecule has 0 fully saturated rings. The van der Waals surface area contributed by atoms with Gasteiger partial charge in [0.15, 0.2) is 0 Å². The smallest absolute Gasteiger partial charge is 0.416 e. The molecule has 1 unspecified atom stereocenters. The van der Waals surface area contributed by atoms with Gasteiger partial charge in [0.2, 0.25) is 0 Å². The number of urea groups is 1. The van der Waals surface area contributed by atoms with Crippen molar-refractivity contribution in [3.8, 4) is 0 Å². The molecule has 1 aromatic rings. The SMILES string of the molecule is COCCOC(=O)C1=C(C)NC(=O)NC1c1cccc(C(F)(F)F)c1. The van der Waals surface area contributed by atoms with Crippen LogP contribution in [0.5, 0.6) is 0 Å². The predicted molar refractivity (Wildman–Crippen MR) is 81.4 cm³/mol. The predicted octanol–water partition coefficient (Wildman–Crippen LogP) is 2.52. The Balaban J connectivity index is 2.37. The van der Waals surface area contributed by atoms with Crippen LogP contribution in [0.4, 0.5) is 18.0 Å². The molecular weight excluding hydrogens is 341 g/mol. The number of hydrogen-bond donors (Lipinski definition) is 2. The van der Waals surface area contributed by atoms with Crippen LogP contribution in [0, 0.1) is 0 Å². The molecule has 0 spiro atoms. The minimum Gasteiger partial charge on any atom is -0.460 e. The highest BCUT2D eigenvalue weighted by molar-refractivity contribution is 5.95. The van der Waals surface area contributed by atoms with Gasteiger partial charge in [0.1, 0.15) is 6.61 Å². The number of benzene rings is 1. The largest absolute Gasteiger partial charge is 0.460 e. The second-order valence-corrected chi connectivity index (χ2v) is 5.32. The van der Waals surface area contributed by atoms with Crippen molar-refractivity contribution in [2.24, 2.45) is 0 Å². The highest BCUT2D eigenvalue weighted by Crippen LogP contribution is 2.33. The van der Waals surface area contributed by atoms with E-state index in [-0.39, 0.29) is 30.0 Å². The van der Waals surface area contributed by atoms with Crippen LogP contribution in [0.1, 0.15) is 24.1 Å². The molecule has 2 rings (SSSR count). The third kappa shape index (κ3) is 4.50. The Morgan fingerprint density at radius 1 is 1.28 bits per heavy atom. The number of esters is 1. The van der Waals surface area contributed by atoms with Crippen LogP contribution in [-0.2, 0) is 20.4 Å².